The molecule has 3 aliphatic rings. The largest absolute Gasteiger partial charge is 0.368 e. The molecule has 3 fully saturated rings. The molecular formula is C26H31N9. The van der Waals surface area contributed by atoms with Crippen LogP contribution >= 0.6 is 0 Å². The van der Waals surface area contributed by atoms with Crippen molar-refractivity contribution in [2.75, 3.05) is 60.9 Å². The number of pyridine rings is 2. The molecule has 3 aromatic heterocycles. The summed E-state index contributed by atoms with van der Waals surface area (Å²) in [6.07, 6.45) is 8.78. The predicted molar refractivity (Wildman–Crippen MR) is 137 cm³/mol. The van der Waals surface area contributed by atoms with Crippen molar-refractivity contribution in [1.82, 2.24) is 24.8 Å². The second kappa shape index (κ2) is 8.93. The van der Waals surface area contributed by atoms with Gasteiger partial charge >= 0.3 is 0 Å². The van der Waals surface area contributed by atoms with E-state index in [4.69, 9.17) is 4.98 Å². The zero-order valence-electron chi connectivity index (χ0n) is 20.2. The summed E-state index contributed by atoms with van der Waals surface area (Å²) < 4.78 is 0. The Kier molecular flexibility index (Phi) is 5.61. The average Bonchev–Trinajstić information content (AvgIpc) is 3.68. The molecule has 1 atom stereocenters. The Morgan fingerprint density at radius 3 is 2.60 bits per heavy atom. The average molecular weight is 470 g/mol. The number of piperazine rings is 1. The van der Waals surface area contributed by atoms with E-state index in [9.17, 15) is 5.26 Å². The van der Waals surface area contributed by atoms with Crippen LogP contribution in [0, 0.1) is 22.7 Å². The van der Waals surface area contributed by atoms with Gasteiger partial charge < -0.3 is 20.0 Å². The number of rotatable bonds is 6. The van der Waals surface area contributed by atoms with Gasteiger partial charge in [0, 0.05) is 57.0 Å². The van der Waals surface area contributed by atoms with Gasteiger partial charge in [0.05, 0.1) is 23.4 Å². The Bertz CT molecular complexity index is 1240. The molecule has 0 spiro atoms. The smallest absolute Gasteiger partial charge is 0.229 e. The normalized spacial score (nSPS) is 23.0. The summed E-state index contributed by atoms with van der Waals surface area (Å²) in [5, 5.41) is 14.1. The van der Waals surface area contributed by atoms with Gasteiger partial charge in [0.1, 0.15) is 11.3 Å². The number of nitrogens with zero attached hydrogens (tertiary/aromatic N) is 8. The van der Waals surface area contributed by atoms with E-state index in [0.717, 1.165) is 74.6 Å². The Morgan fingerprint density at radius 1 is 1.03 bits per heavy atom. The molecule has 180 valence electrons. The second-order valence-corrected chi connectivity index (χ2v) is 9.93. The molecule has 2 saturated heterocycles. The number of nitrogens with one attached hydrogen (secondary N) is 1. The Labute approximate surface area is 205 Å². The molecule has 0 aromatic carbocycles. The lowest BCUT2D eigenvalue weighted by atomic mass is 9.83. The van der Waals surface area contributed by atoms with Crippen molar-refractivity contribution in [3.05, 3.63) is 36.8 Å². The third-order valence-corrected chi connectivity index (χ3v) is 7.83. The zero-order valence-corrected chi connectivity index (χ0v) is 20.2. The highest BCUT2D eigenvalue weighted by Crippen LogP contribution is 2.51. The van der Waals surface area contributed by atoms with Crippen LogP contribution in [0.15, 0.2) is 36.8 Å². The summed E-state index contributed by atoms with van der Waals surface area (Å²) in [6, 6.07) is 8.66. The van der Waals surface area contributed by atoms with Crippen LogP contribution in [-0.2, 0) is 0 Å². The van der Waals surface area contributed by atoms with E-state index in [1.165, 1.54) is 12.8 Å². The highest BCUT2D eigenvalue weighted by molar-refractivity contribution is 5.89. The maximum Gasteiger partial charge on any atom is 0.229 e. The molecule has 1 N–H and O–H groups in total. The number of aromatic nitrogens is 4. The van der Waals surface area contributed by atoms with Crippen LogP contribution in [0.5, 0.6) is 0 Å². The monoisotopic (exact) mass is 469 g/mol. The molecule has 9 nitrogen and oxygen atoms in total. The molecule has 1 saturated carbocycles. The zero-order chi connectivity index (χ0) is 23.8. The first-order valence-corrected chi connectivity index (χ1v) is 12.7. The minimum absolute atomic E-state index is 0.243. The van der Waals surface area contributed by atoms with Crippen LogP contribution in [-0.4, -0.2) is 70.6 Å². The SMILES string of the molecule is CCN1CCN(c2ccc(Nc3ncc4ccnc(N5CCC(C#N)(C6CC6)C5)c4n3)nc2)CC1. The van der Waals surface area contributed by atoms with Crippen molar-refractivity contribution in [3.8, 4) is 6.07 Å². The number of nitriles is 1. The molecule has 2 aliphatic heterocycles. The maximum atomic E-state index is 9.89. The van der Waals surface area contributed by atoms with Gasteiger partial charge in [0.25, 0.3) is 0 Å². The standard InChI is InChI=1S/C26H31N9/c1-2-33-11-13-34(14-12-33)21-5-6-22(29-16-21)31-25-30-15-19-7-9-28-24(23(19)32-25)35-10-8-26(17-27,18-35)20-3-4-20/h5-7,9,15-16,20H,2-4,8,10-14,18H2,1H3,(H,29,30,31,32). The van der Waals surface area contributed by atoms with Gasteiger partial charge in [-0.15, -0.1) is 0 Å². The van der Waals surface area contributed by atoms with Crippen LogP contribution in [0.2, 0.25) is 0 Å². The lowest BCUT2D eigenvalue weighted by molar-refractivity contribution is 0.271. The van der Waals surface area contributed by atoms with Gasteiger partial charge in [0.2, 0.25) is 5.95 Å². The van der Waals surface area contributed by atoms with Crippen LogP contribution < -0.4 is 15.1 Å². The van der Waals surface area contributed by atoms with Crippen LogP contribution in [0.3, 0.4) is 0 Å². The number of likely N-dealkylation sites (N-methyl/N-ethyl adjacent to an activating group) is 1. The molecule has 0 bridgehead atoms. The number of fused-ring (bicyclic) bond motifs is 1. The van der Waals surface area contributed by atoms with Crippen molar-refractivity contribution in [2.24, 2.45) is 11.3 Å². The first kappa shape index (κ1) is 22.0. The van der Waals surface area contributed by atoms with Gasteiger partial charge in [-0.2, -0.15) is 5.26 Å². The van der Waals surface area contributed by atoms with Gasteiger partial charge in [-0.1, -0.05) is 6.92 Å². The van der Waals surface area contributed by atoms with Crippen molar-refractivity contribution >= 4 is 34.2 Å². The number of hydrogen-bond donors (Lipinski definition) is 1. The lowest BCUT2D eigenvalue weighted by Crippen LogP contribution is -2.46. The molecule has 0 radical (unpaired) electrons. The molecule has 9 heteroatoms. The summed E-state index contributed by atoms with van der Waals surface area (Å²) in [4.78, 5) is 25.7. The topological polar surface area (TPSA) is 97.1 Å². The van der Waals surface area contributed by atoms with Gasteiger partial charge in [0.15, 0.2) is 5.82 Å². The van der Waals surface area contributed by atoms with E-state index in [1.807, 2.05) is 24.5 Å². The van der Waals surface area contributed by atoms with Crippen molar-refractivity contribution in [2.45, 2.75) is 26.2 Å². The summed E-state index contributed by atoms with van der Waals surface area (Å²) >= 11 is 0. The number of hydrogen-bond acceptors (Lipinski definition) is 9. The van der Waals surface area contributed by atoms with Gasteiger partial charge in [-0.25, -0.2) is 19.9 Å². The molecule has 5 heterocycles. The first-order valence-electron chi connectivity index (χ1n) is 12.7. The fraction of sp³-hybridized carbons (Fsp3) is 0.500. The van der Waals surface area contributed by atoms with E-state index in [1.54, 1.807) is 6.20 Å². The van der Waals surface area contributed by atoms with E-state index >= 15 is 0 Å². The molecule has 6 rings (SSSR count). The Morgan fingerprint density at radius 2 is 1.89 bits per heavy atom. The quantitative estimate of drug-likeness (QED) is 0.582. The molecule has 1 unspecified atom stereocenters. The summed E-state index contributed by atoms with van der Waals surface area (Å²) in [6.45, 7) is 9.10. The molecule has 35 heavy (non-hydrogen) atoms. The Hall–Kier alpha value is -3.51. The van der Waals surface area contributed by atoms with Crippen molar-refractivity contribution in [1.29, 1.82) is 5.26 Å². The van der Waals surface area contributed by atoms with Crippen LogP contribution in [0.25, 0.3) is 10.9 Å². The third kappa shape index (κ3) is 4.23. The third-order valence-electron chi connectivity index (χ3n) is 7.83. The highest BCUT2D eigenvalue weighted by atomic mass is 15.3. The van der Waals surface area contributed by atoms with E-state index in [-0.39, 0.29) is 5.41 Å². The minimum atomic E-state index is -0.243. The first-order chi connectivity index (χ1) is 17.2. The summed E-state index contributed by atoms with van der Waals surface area (Å²) in [7, 11) is 0. The van der Waals surface area contributed by atoms with Crippen LogP contribution in [0.4, 0.5) is 23.3 Å². The van der Waals surface area contributed by atoms with Gasteiger partial charge in [-0.3, -0.25) is 0 Å². The van der Waals surface area contributed by atoms with Crippen molar-refractivity contribution < 1.29 is 0 Å². The van der Waals surface area contributed by atoms with Crippen molar-refractivity contribution in [3.63, 3.8) is 0 Å². The van der Waals surface area contributed by atoms with Crippen LogP contribution in [0.1, 0.15) is 26.2 Å². The lowest BCUT2D eigenvalue weighted by Gasteiger charge is -2.35. The Balaban J connectivity index is 1.19. The summed E-state index contributed by atoms with van der Waals surface area (Å²) in [5.41, 5.74) is 1.70. The minimum Gasteiger partial charge on any atom is -0.368 e. The highest BCUT2D eigenvalue weighted by Gasteiger charge is 2.50. The van der Waals surface area contributed by atoms with Gasteiger partial charge in [-0.05, 0) is 49.9 Å². The fourth-order valence-electron chi connectivity index (χ4n) is 5.48. The predicted octanol–water partition coefficient (Wildman–Crippen LogP) is 3.44. The maximum absolute atomic E-state index is 9.89. The number of anilines is 4. The fourth-order valence-corrected chi connectivity index (χ4v) is 5.48. The van der Waals surface area contributed by atoms with E-state index in [0.29, 0.717) is 17.7 Å². The second-order valence-electron chi connectivity index (χ2n) is 9.93. The van der Waals surface area contributed by atoms with E-state index in [2.05, 4.69) is 54.0 Å². The molecular weight excluding hydrogens is 438 g/mol. The molecule has 0 amide bonds. The van der Waals surface area contributed by atoms with E-state index < -0.39 is 0 Å². The summed E-state index contributed by atoms with van der Waals surface area (Å²) in [5.74, 6) is 2.57. The molecule has 1 aliphatic carbocycles. The molecule has 3 aromatic rings.